The quantitative estimate of drug-likeness (QED) is 0.805. The van der Waals surface area contributed by atoms with Crippen LogP contribution >= 0.6 is 11.6 Å². The molecule has 3 N–H and O–H groups in total. The first-order valence-corrected chi connectivity index (χ1v) is 9.29. The van der Waals surface area contributed by atoms with Gasteiger partial charge in [0.25, 0.3) is 0 Å². The normalized spacial score (nSPS) is 26.4. The fraction of sp³-hybridized carbons (Fsp3) is 0.364. The fourth-order valence-corrected chi connectivity index (χ4v) is 4.46. The van der Waals surface area contributed by atoms with Crippen molar-refractivity contribution < 1.29 is 9.50 Å². The standard InChI is InChI=1S/C22H25ClFNO/c1-21(2)12-16(14-25)22(26,13-17-18(23)9-6-10-19(17)24)20(21)11-15-7-4-3-5-8-15/h3-11,16,26H,12-14,25H2,1-2H3. The van der Waals surface area contributed by atoms with Crippen LogP contribution in [-0.4, -0.2) is 17.3 Å². The first-order valence-electron chi connectivity index (χ1n) is 8.91. The molecule has 3 rings (SSSR count). The lowest BCUT2D eigenvalue weighted by Crippen LogP contribution is -2.41. The molecule has 2 unspecified atom stereocenters. The van der Waals surface area contributed by atoms with Gasteiger partial charge < -0.3 is 10.8 Å². The van der Waals surface area contributed by atoms with Crippen LogP contribution in [0.3, 0.4) is 0 Å². The average molecular weight is 374 g/mol. The van der Waals surface area contributed by atoms with Crippen molar-refractivity contribution in [2.75, 3.05) is 6.54 Å². The molecular formula is C22H25ClFNO. The average Bonchev–Trinajstić information content (AvgIpc) is 2.80. The minimum atomic E-state index is -1.24. The van der Waals surface area contributed by atoms with Crippen molar-refractivity contribution >= 4 is 17.7 Å². The van der Waals surface area contributed by atoms with Crippen molar-refractivity contribution in [1.29, 1.82) is 0 Å². The summed E-state index contributed by atoms with van der Waals surface area (Å²) >= 11 is 6.24. The van der Waals surface area contributed by atoms with E-state index in [1.807, 2.05) is 36.4 Å². The van der Waals surface area contributed by atoms with Crippen molar-refractivity contribution in [3.05, 3.63) is 76.1 Å². The highest BCUT2D eigenvalue weighted by Crippen LogP contribution is 2.54. The molecule has 2 nitrogen and oxygen atoms in total. The maximum absolute atomic E-state index is 14.4. The summed E-state index contributed by atoms with van der Waals surface area (Å²) < 4.78 is 14.4. The van der Waals surface area contributed by atoms with E-state index in [1.165, 1.54) is 6.07 Å². The second-order valence-electron chi connectivity index (χ2n) is 7.79. The minimum absolute atomic E-state index is 0.114. The summed E-state index contributed by atoms with van der Waals surface area (Å²) in [4.78, 5) is 0. The Hall–Kier alpha value is -1.68. The molecule has 2 atom stereocenters. The first kappa shape index (κ1) is 19.1. The van der Waals surface area contributed by atoms with Crippen molar-refractivity contribution in [1.82, 2.24) is 0 Å². The van der Waals surface area contributed by atoms with E-state index in [4.69, 9.17) is 17.3 Å². The molecule has 4 heteroatoms. The summed E-state index contributed by atoms with van der Waals surface area (Å²) in [5, 5.41) is 12.1. The maximum Gasteiger partial charge on any atom is 0.128 e. The van der Waals surface area contributed by atoms with Gasteiger partial charge in [0.2, 0.25) is 0 Å². The van der Waals surface area contributed by atoms with Crippen LogP contribution in [0.15, 0.2) is 54.1 Å². The van der Waals surface area contributed by atoms with Crippen molar-refractivity contribution in [2.24, 2.45) is 17.1 Å². The zero-order valence-corrected chi connectivity index (χ0v) is 15.9. The molecule has 1 saturated carbocycles. The molecule has 0 aliphatic heterocycles. The summed E-state index contributed by atoms with van der Waals surface area (Å²) in [6.45, 7) is 4.54. The Morgan fingerprint density at radius 3 is 2.50 bits per heavy atom. The largest absolute Gasteiger partial charge is 0.385 e. The Balaban J connectivity index is 2.12. The molecular weight excluding hydrogens is 349 g/mol. The van der Waals surface area contributed by atoms with Crippen LogP contribution in [0.1, 0.15) is 31.4 Å². The molecule has 1 fully saturated rings. The molecule has 0 spiro atoms. The van der Waals surface area contributed by atoms with E-state index in [9.17, 15) is 9.50 Å². The number of benzene rings is 2. The van der Waals surface area contributed by atoms with Gasteiger partial charge in [0.1, 0.15) is 5.82 Å². The van der Waals surface area contributed by atoms with E-state index in [-0.39, 0.29) is 17.8 Å². The van der Waals surface area contributed by atoms with E-state index < -0.39 is 11.4 Å². The van der Waals surface area contributed by atoms with Gasteiger partial charge in [-0.05, 0) is 41.6 Å². The number of hydrogen-bond acceptors (Lipinski definition) is 2. The van der Waals surface area contributed by atoms with Crippen LogP contribution in [0.25, 0.3) is 6.08 Å². The number of hydrogen-bond donors (Lipinski definition) is 2. The molecule has 0 saturated heterocycles. The topological polar surface area (TPSA) is 46.2 Å². The number of halogens is 2. The summed E-state index contributed by atoms with van der Waals surface area (Å²) in [6, 6.07) is 14.5. The lowest BCUT2D eigenvalue weighted by atomic mass is 9.78. The van der Waals surface area contributed by atoms with E-state index in [0.717, 1.165) is 17.6 Å². The van der Waals surface area contributed by atoms with Crippen LogP contribution in [0.5, 0.6) is 0 Å². The monoisotopic (exact) mass is 373 g/mol. The Labute approximate surface area is 159 Å². The highest BCUT2D eigenvalue weighted by molar-refractivity contribution is 6.31. The molecule has 1 aliphatic rings. The van der Waals surface area contributed by atoms with Crippen molar-refractivity contribution in [3.8, 4) is 0 Å². The van der Waals surface area contributed by atoms with Gasteiger partial charge in [-0.3, -0.25) is 0 Å². The van der Waals surface area contributed by atoms with Crippen molar-refractivity contribution in [2.45, 2.75) is 32.3 Å². The smallest absolute Gasteiger partial charge is 0.128 e. The van der Waals surface area contributed by atoms with Crippen LogP contribution in [0, 0.1) is 17.2 Å². The van der Waals surface area contributed by atoms with Gasteiger partial charge in [0.05, 0.1) is 5.60 Å². The molecule has 0 bridgehead atoms. The van der Waals surface area contributed by atoms with Gasteiger partial charge in [-0.2, -0.15) is 0 Å². The molecule has 2 aromatic rings. The zero-order chi connectivity index (χ0) is 18.9. The fourth-order valence-electron chi connectivity index (χ4n) is 4.23. The number of rotatable bonds is 4. The van der Waals surface area contributed by atoms with Crippen LogP contribution < -0.4 is 5.73 Å². The highest BCUT2D eigenvalue weighted by Gasteiger charge is 2.53. The predicted octanol–water partition coefficient (Wildman–Crippen LogP) is 4.84. The summed E-state index contributed by atoms with van der Waals surface area (Å²) in [5.74, 6) is -0.561. The highest BCUT2D eigenvalue weighted by atomic mass is 35.5. The predicted molar refractivity (Wildman–Crippen MR) is 105 cm³/mol. The third-order valence-corrected chi connectivity index (χ3v) is 5.88. The van der Waals surface area contributed by atoms with Gasteiger partial charge in [0.15, 0.2) is 0 Å². The summed E-state index contributed by atoms with van der Waals surface area (Å²) in [5.41, 5.74) is 6.75. The molecule has 138 valence electrons. The van der Waals surface area contributed by atoms with Crippen molar-refractivity contribution in [3.63, 3.8) is 0 Å². The van der Waals surface area contributed by atoms with Crippen LogP contribution in [0.4, 0.5) is 4.39 Å². The zero-order valence-electron chi connectivity index (χ0n) is 15.2. The summed E-state index contributed by atoms with van der Waals surface area (Å²) in [7, 11) is 0. The second kappa shape index (κ2) is 7.15. The minimum Gasteiger partial charge on any atom is -0.385 e. The van der Waals surface area contributed by atoms with Gasteiger partial charge in [-0.1, -0.05) is 67.9 Å². The third kappa shape index (κ3) is 3.44. The van der Waals surface area contributed by atoms with E-state index >= 15 is 0 Å². The molecule has 1 aliphatic carbocycles. The van der Waals surface area contributed by atoms with Gasteiger partial charge in [0, 0.05) is 22.9 Å². The van der Waals surface area contributed by atoms with Gasteiger partial charge in [-0.15, -0.1) is 0 Å². The van der Waals surface area contributed by atoms with Crippen LogP contribution in [-0.2, 0) is 6.42 Å². The lowest BCUT2D eigenvalue weighted by Gasteiger charge is -2.33. The Morgan fingerprint density at radius 1 is 1.19 bits per heavy atom. The molecule has 26 heavy (non-hydrogen) atoms. The third-order valence-electron chi connectivity index (χ3n) is 5.53. The molecule has 0 amide bonds. The second-order valence-corrected chi connectivity index (χ2v) is 8.20. The Kier molecular flexibility index (Phi) is 5.25. The molecule has 2 aromatic carbocycles. The van der Waals surface area contributed by atoms with Crippen LogP contribution in [0.2, 0.25) is 5.02 Å². The van der Waals surface area contributed by atoms with E-state index in [1.54, 1.807) is 12.1 Å². The summed E-state index contributed by atoms with van der Waals surface area (Å²) in [6.07, 6.45) is 2.87. The SMILES string of the molecule is CC1(C)CC(CN)C(O)(Cc2c(F)cccc2Cl)C1=Cc1ccccc1. The van der Waals surface area contributed by atoms with Gasteiger partial charge in [-0.25, -0.2) is 4.39 Å². The first-order chi connectivity index (χ1) is 12.3. The lowest BCUT2D eigenvalue weighted by molar-refractivity contribution is 0.0391. The number of aliphatic hydroxyl groups is 1. The Bertz CT molecular complexity index is 798. The molecule has 0 radical (unpaired) electrons. The van der Waals surface area contributed by atoms with Gasteiger partial charge >= 0.3 is 0 Å². The molecule has 0 heterocycles. The van der Waals surface area contributed by atoms with E-state index in [0.29, 0.717) is 17.1 Å². The van der Waals surface area contributed by atoms with E-state index in [2.05, 4.69) is 13.8 Å². The Morgan fingerprint density at radius 2 is 1.88 bits per heavy atom. The number of nitrogens with two attached hydrogens (primary N) is 1. The molecule has 0 aromatic heterocycles. The maximum atomic E-state index is 14.4.